The molecule has 21 heavy (non-hydrogen) atoms. The summed E-state index contributed by atoms with van der Waals surface area (Å²) in [4.78, 5) is 8.64. The second-order valence-electron chi connectivity index (χ2n) is 7.02. The molecular weight excluding hydrogens is 302 g/mol. The van der Waals surface area contributed by atoms with Crippen LogP contribution in [0.15, 0.2) is 0 Å². The van der Waals surface area contributed by atoms with Crippen molar-refractivity contribution in [2.45, 2.75) is 51.6 Å². The third-order valence-corrected chi connectivity index (χ3v) is 6.32. The van der Waals surface area contributed by atoms with Gasteiger partial charge in [0.2, 0.25) is 0 Å². The summed E-state index contributed by atoms with van der Waals surface area (Å²) >= 11 is 1.83. The smallest absolute Gasteiger partial charge is 0.185 e. The van der Waals surface area contributed by atoms with Crippen molar-refractivity contribution in [3.63, 3.8) is 0 Å². The van der Waals surface area contributed by atoms with E-state index in [2.05, 4.69) is 31.0 Å². The van der Waals surface area contributed by atoms with Gasteiger partial charge in [-0.3, -0.25) is 4.21 Å². The molecule has 118 valence electrons. The fourth-order valence-corrected chi connectivity index (χ4v) is 4.65. The molecule has 1 saturated carbocycles. The standard InChI is InChI=1S/C15H25N3OS2/c1-15(2,3)16-10-12-13(11-4-5-11)17-14(20-12)18-6-8-21(19)9-7-18/h11,16H,4-10H2,1-3H3. The Labute approximate surface area is 133 Å². The van der Waals surface area contributed by atoms with Gasteiger partial charge in [-0.2, -0.15) is 0 Å². The summed E-state index contributed by atoms with van der Waals surface area (Å²) in [5, 5.41) is 4.73. The number of hydrogen-bond donors (Lipinski definition) is 1. The maximum Gasteiger partial charge on any atom is 0.185 e. The highest BCUT2D eigenvalue weighted by molar-refractivity contribution is 7.85. The molecule has 1 N–H and O–H groups in total. The molecule has 2 fully saturated rings. The SMILES string of the molecule is CC(C)(C)NCc1sc(N2CCS(=O)CC2)nc1C1CC1. The first kappa shape index (κ1) is 15.4. The monoisotopic (exact) mass is 327 g/mol. The van der Waals surface area contributed by atoms with Crippen molar-refractivity contribution in [2.75, 3.05) is 29.5 Å². The van der Waals surface area contributed by atoms with Crippen LogP contribution < -0.4 is 10.2 Å². The summed E-state index contributed by atoms with van der Waals surface area (Å²) < 4.78 is 11.5. The summed E-state index contributed by atoms with van der Waals surface area (Å²) in [5.41, 5.74) is 1.45. The molecule has 4 nitrogen and oxygen atoms in total. The third-order valence-electron chi connectivity index (χ3n) is 3.91. The van der Waals surface area contributed by atoms with Crippen LogP contribution in [0, 0.1) is 0 Å². The van der Waals surface area contributed by atoms with Crippen LogP contribution >= 0.6 is 11.3 Å². The summed E-state index contributed by atoms with van der Waals surface area (Å²) in [6.07, 6.45) is 2.57. The van der Waals surface area contributed by atoms with Crippen LogP contribution in [0.5, 0.6) is 0 Å². The molecule has 6 heteroatoms. The highest BCUT2D eigenvalue weighted by Gasteiger charge is 2.31. The lowest BCUT2D eigenvalue weighted by atomic mass is 10.1. The predicted molar refractivity (Wildman–Crippen MR) is 90.8 cm³/mol. The Kier molecular flexibility index (Phi) is 4.39. The Morgan fingerprint density at radius 2 is 2.00 bits per heavy atom. The van der Waals surface area contributed by atoms with Gasteiger partial charge in [-0.05, 0) is 33.6 Å². The molecule has 0 unspecified atom stereocenters. The molecule has 3 rings (SSSR count). The van der Waals surface area contributed by atoms with Gasteiger partial charge in [-0.15, -0.1) is 11.3 Å². The van der Waals surface area contributed by atoms with Crippen molar-refractivity contribution < 1.29 is 4.21 Å². The average molecular weight is 328 g/mol. The maximum absolute atomic E-state index is 11.5. The van der Waals surface area contributed by atoms with Gasteiger partial charge < -0.3 is 10.2 Å². The number of hydrogen-bond acceptors (Lipinski definition) is 5. The predicted octanol–water partition coefficient (Wildman–Crippen LogP) is 2.48. The highest BCUT2D eigenvalue weighted by atomic mass is 32.2. The minimum atomic E-state index is -0.622. The fraction of sp³-hybridized carbons (Fsp3) is 0.800. The Bertz CT molecular complexity index is 522. The molecule has 2 heterocycles. The minimum Gasteiger partial charge on any atom is -0.346 e. The van der Waals surface area contributed by atoms with Crippen LogP contribution in [-0.4, -0.2) is 39.3 Å². The topological polar surface area (TPSA) is 45.2 Å². The Morgan fingerprint density at radius 3 is 2.57 bits per heavy atom. The van der Waals surface area contributed by atoms with Crippen LogP contribution in [0.3, 0.4) is 0 Å². The van der Waals surface area contributed by atoms with Gasteiger partial charge in [-0.1, -0.05) is 0 Å². The van der Waals surface area contributed by atoms with E-state index >= 15 is 0 Å². The zero-order valence-electron chi connectivity index (χ0n) is 13.1. The zero-order chi connectivity index (χ0) is 15.0. The first-order chi connectivity index (χ1) is 9.92. The molecule has 0 atom stereocenters. The van der Waals surface area contributed by atoms with Crippen molar-refractivity contribution in [3.8, 4) is 0 Å². The number of rotatable bonds is 4. The molecule has 0 amide bonds. The quantitative estimate of drug-likeness (QED) is 0.923. The van der Waals surface area contributed by atoms with Gasteiger partial charge >= 0.3 is 0 Å². The molecule has 1 aromatic heterocycles. The summed E-state index contributed by atoms with van der Waals surface area (Å²) in [6, 6.07) is 0. The Hall–Kier alpha value is -0.460. The molecule has 0 aromatic carbocycles. The Morgan fingerprint density at radius 1 is 1.33 bits per heavy atom. The number of nitrogens with zero attached hydrogens (tertiary/aromatic N) is 2. The van der Waals surface area contributed by atoms with Gasteiger partial charge in [0, 0.05) is 58.3 Å². The van der Waals surface area contributed by atoms with Crippen LogP contribution in [0.2, 0.25) is 0 Å². The second kappa shape index (κ2) is 5.97. The van der Waals surface area contributed by atoms with Gasteiger partial charge in [0.15, 0.2) is 5.13 Å². The lowest BCUT2D eigenvalue weighted by molar-refractivity contribution is 0.425. The van der Waals surface area contributed by atoms with E-state index in [-0.39, 0.29) is 5.54 Å². The van der Waals surface area contributed by atoms with E-state index in [4.69, 9.17) is 4.98 Å². The lowest BCUT2D eigenvalue weighted by Gasteiger charge is -2.25. The first-order valence-electron chi connectivity index (χ1n) is 7.77. The number of nitrogens with one attached hydrogen (secondary N) is 1. The third kappa shape index (κ3) is 4.05. The molecular formula is C15H25N3OS2. The van der Waals surface area contributed by atoms with Crippen LogP contribution in [0.25, 0.3) is 0 Å². The Balaban J connectivity index is 1.74. The molecule has 1 saturated heterocycles. The normalized spacial score (nSPS) is 21.0. The molecule has 1 aromatic rings. The lowest BCUT2D eigenvalue weighted by Crippen LogP contribution is -2.37. The van der Waals surface area contributed by atoms with Gasteiger partial charge in [0.25, 0.3) is 0 Å². The van der Waals surface area contributed by atoms with Crippen molar-refractivity contribution in [3.05, 3.63) is 10.6 Å². The van der Waals surface area contributed by atoms with E-state index in [1.165, 1.54) is 23.4 Å². The van der Waals surface area contributed by atoms with E-state index in [9.17, 15) is 4.21 Å². The van der Waals surface area contributed by atoms with Crippen molar-refractivity contribution in [1.29, 1.82) is 0 Å². The fourth-order valence-electron chi connectivity index (χ4n) is 2.46. The van der Waals surface area contributed by atoms with Crippen LogP contribution in [-0.2, 0) is 17.3 Å². The van der Waals surface area contributed by atoms with Gasteiger partial charge in [0.05, 0.1) is 5.69 Å². The van der Waals surface area contributed by atoms with E-state index in [1.54, 1.807) is 0 Å². The van der Waals surface area contributed by atoms with E-state index < -0.39 is 10.8 Å². The van der Waals surface area contributed by atoms with Gasteiger partial charge in [-0.25, -0.2) is 4.98 Å². The molecule has 0 spiro atoms. The molecule has 0 radical (unpaired) electrons. The van der Waals surface area contributed by atoms with Crippen LogP contribution in [0.1, 0.15) is 50.1 Å². The summed E-state index contributed by atoms with van der Waals surface area (Å²) in [7, 11) is -0.622. The van der Waals surface area contributed by atoms with Gasteiger partial charge in [0.1, 0.15) is 0 Å². The molecule has 1 aliphatic heterocycles. The van der Waals surface area contributed by atoms with Crippen molar-refractivity contribution in [1.82, 2.24) is 10.3 Å². The second-order valence-corrected chi connectivity index (χ2v) is 9.78. The average Bonchev–Trinajstić information content (AvgIpc) is 3.17. The number of aromatic nitrogens is 1. The van der Waals surface area contributed by atoms with E-state index in [0.29, 0.717) is 5.92 Å². The largest absolute Gasteiger partial charge is 0.346 e. The molecule has 0 bridgehead atoms. The van der Waals surface area contributed by atoms with E-state index in [1.807, 2.05) is 11.3 Å². The maximum atomic E-state index is 11.5. The van der Waals surface area contributed by atoms with Crippen LogP contribution in [0.4, 0.5) is 5.13 Å². The summed E-state index contributed by atoms with van der Waals surface area (Å²) in [5.74, 6) is 2.26. The zero-order valence-corrected chi connectivity index (χ0v) is 14.8. The first-order valence-corrected chi connectivity index (χ1v) is 10.1. The highest BCUT2D eigenvalue weighted by Crippen LogP contribution is 2.44. The van der Waals surface area contributed by atoms with E-state index in [0.717, 1.165) is 36.3 Å². The molecule has 2 aliphatic rings. The molecule has 1 aliphatic carbocycles. The summed E-state index contributed by atoms with van der Waals surface area (Å²) in [6.45, 7) is 9.28. The number of anilines is 1. The van der Waals surface area contributed by atoms with Crippen molar-refractivity contribution in [2.24, 2.45) is 0 Å². The van der Waals surface area contributed by atoms with Crippen molar-refractivity contribution >= 4 is 27.3 Å². The minimum absolute atomic E-state index is 0.132. The number of thiazole rings is 1.